The second-order valence-corrected chi connectivity index (χ2v) is 7.22. The van der Waals surface area contributed by atoms with E-state index in [2.05, 4.69) is 61.2 Å². The number of hydrogen-bond donors (Lipinski definition) is 1. The molecule has 0 bridgehead atoms. The molecule has 2 aromatic heterocycles. The van der Waals surface area contributed by atoms with E-state index in [9.17, 15) is 0 Å². The number of imidazole rings is 1. The van der Waals surface area contributed by atoms with Crippen molar-refractivity contribution in [2.24, 2.45) is 5.92 Å². The number of H-pyrrole nitrogens is 1. The van der Waals surface area contributed by atoms with Crippen LogP contribution in [-0.2, 0) is 13.0 Å². The summed E-state index contributed by atoms with van der Waals surface area (Å²) in [5.74, 6) is 1.52. The number of nitrogens with one attached hydrogen (secondary N) is 1. The number of aromatic nitrogens is 4. The van der Waals surface area contributed by atoms with Gasteiger partial charge in [0.05, 0.1) is 0 Å². The zero-order valence-electron chi connectivity index (χ0n) is 15.2. The van der Waals surface area contributed by atoms with Crippen LogP contribution in [0.15, 0.2) is 48.9 Å². The Morgan fingerprint density at radius 3 is 2.62 bits per heavy atom. The van der Waals surface area contributed by atoms with Gasteiger partial charge in [-0.2, -0.15) is 0 Å². The van der Waals surface area contributed by atoms with E-state index in [1.807, 2.05) is 13.1 Å². The Morgan fingerprint density at radius 2 is 1.88 bits per heavy atom. The van der Waals surface area contributed by atoms with Gasteiger partial charge < -0.3 is 4.98 Å². The van der Waals surface area contributed by atoms with Gasteiger partial charge in [0.2, 0.25) is 0 Å². The van der Waals surface area contributed by atoms with Crippen molar-refractivity contribution in [2.75, 3.05) is 13.1 Å². The van der Waals surface area contributed by atoms with E-state index < -0.39 is 0 Å². The Hall–Kier alpha value is -2.53. The molecule has 3 heterocycles. The van der Waals surface area contributed by atoms with Gasteiger partial charge in [-0.3, -0.25) is 4.90 Å². The zero-order valence-corrected chi connectivity index (χ0v) is 15.2. The van der Waals surface area contributed by atoms with E-state index in [0.717, 1.165) is 49.0 Å². The van der Waals surface area contributed by atoms with Crippen LogP contribution in [0.1, 0.15) is 29.8 Å². The van der Waals surface area contributed by atoms with E-state index in [4.69, 9.17) is 0 Å². The first-order chi connectivity index (χ1) is 12.8. The number of nitrogens with zero attached hydrogens (tertiary/aromatic N) is 4. The summed E-state index contributed by atoms with van der Waals surface area (Å²) >= 11 is 0. The molecule has 1 aliphatic heterocycles. The lowest BCUT2D eigenvalue weighted by Gasteiger charge is -2.31. The molecule has 5 heteroatoms. The maximum Gasteiger partial charge on any atom is 0.156 e. The summed E-state index contributed by atoms with van der Waals surface area (Å²) in [7, 11) is 0. The standard InChI is InChI=1S/C21H25N5/c1-16-13-22-21(25-16)20-12-19(23-15-24-20)11-17-7-9-26(10-8-17)14-18-5-3-2-4-6-18/h2-6,12-13,15,17H,7-11,14H2,1H3,(H,22,25). The van der Waals surface area contributed by atoms with Gasteiger partial charge in [0.25, 0.3) is 0 Å². The second-order valence-electron chi connectivity index (χ2n) is 7.22. The van der Waals surface area contributed by atoms with Gasteiger partial charge in [0.1, 0.15) is 12.0 Å². The third-order valence-corrected chi connectivity index (χ3v) is 5.12. The van der Waals surface area contributed by atoms with Crippen molar-refractivity contribution in [3.8, 4) is 11.5 Å². The molecule has 0 amide bonds. The van der Waals surface area contributed by atoms with Crippen LogP contribution in [0.3, 0.4) is 0 Å². The Bertz CT molecular complexity index is 834. The lowest BCUT2D eigenvalue weighted by atomic mass is 9.91. The van der Waals surface area contributed by atoms with Crippen LogP contribution in [0.4, 0.5) is 0 Å². The monoisotopic (exact) mass is 347 g/mol. The molecule has 26 heavy (non-hydrogen) atoms. The molecule has 0 aliphatic carbocycles. The fourth-order valence-corrected chi connectivity index (χ4v) is 3.67. The summed E-state index contributed by atoms with van der Waals surface area (Å²) in [5, 5.41) is 0. The van der Waals surface area contributed by atoms with E-state index in [1.165, 1.54) is 18.4 Å². The summed E-state index contributed by atoms with van der Waals surface area (Å²) in [6, 6.07) is 12.8. The summed E-state index contributed by atoms with van der Waals surface area (Å²) in [6.07, 6.45) is 6.97. The molecular weight excluding hydrogens is 322 g/mol. The lowest BCUT2D eigenvalue weighted by Crippen LogP contribution is -2.33. The first-order valence-electron chi connectivity index (χ1n) is 9.35. The average Bonchev–Trinajstić information content (AvgIpc) is 3.11. The van der Waals surface area contributed by atoms with Crippen molar-refractivity contribution in [2.45, 2.75) is 32.7 Å². The Morgan fingerprint density at radius 1 is 1.08 bits per heavy atom. The molecule has 1 saturated heterocycles. The Labute approximate surface area is 154 Å². The van der Waals surface area contributed by atoms with Crippen molar-refractivity contribution in [3.05, 3.63) is 65.9 Å². The van der Waals surface area contributed by atoms with Crippen LogP contribution >= 0.6 is 0 Å². The quantitative estimate of drug-likeness (QED) is 0.766. The van der Waals surface area contributed by atoms with Gasteiger partial charge in [-0.25, -0.2) is 15.0 Å². The van der Waals surface area contributed by atoms with Crippen LogP contribution in [0, 0.1) is 12.8 Å². The summed E-state index contributed by atoms with van der Waals surface area (Å²) in [4.78, 5) is 19.0. The molecule has 1 aliphatic rings. The van der Waals surface area contributed by atoms with Gasteiger partial charge in [0.15, 0.2) is 5.82 Å². The number of benzene rings is 1. The topological polar surface area (TPSA) is 57.7 Å². The van der Waals surface area contributed by atoms with Crippen molar-refractivity contribution >= 4 is 0 Å². The minimum absolute atomic E-state index is 0.697. The number of likely N-dealkylation sites (tertiary alicyclic amines) is 1. The van der Waals surface area contributed by atoms with Crippen LogP contribution in [0.5, 0.6) is 0 Å². The third-order valence-electron chi connectivity index (χ3n) is 5.12. The van der Waals surface area contributed by atoms with Gasteiger partial charge in [-0.05, 0) is 56.8 Å². The minimum atomic E-state index is 0.697. The normalized spacial score (nSPS) is 16.0. The maximum atomic E-state index is 4.49. The molecule has 3 aromatic rings. The van der Waals surface area contributed by atoms with E-state index >= 15 is 0 Å². The molecule has 1 aromatic carbocycles. The van der Waals surface area contributed by atoms with Gasteiger partial charge in [-0.15, -0.1) is 0 Å². The molecule has 0 saturated carbocycles. The second kappa shape index (κ2) is 7.79. The van der Waals surface area contributed by atoms with E-state index in [0.29, 0.717) is 5.92 Å². The highest BCUT2D eigenvalue weighted by atomic mass is 15.1. The predicted octanol–water partition coefficient (Wildman–Crippen LogP) is 3.63. The molecule has 0 radical (unpaired) electrons. The number of rotatable bonds is 5. The molecule has 1 N–H and O–H groups in total. The lowest BCUT2D eigenvalue weighted by molar-refractivity contribution is 0.176. The molecular formula is C21H25N5. The molecule has 5 nitrogen and oxygen atoms in total. The average molecular weight is 347 g/mol. The first-order valence-corrected chi connectivity index (χ1v) is 9.35. The Kier molecular flexibility index (Phi) is 5.07. The molecule has 0 atom stereocenters. The van der Waals surface area contributed by atoms with Crippen LogP contribution in [-0.4, -0.2) is 37.9 Å². The van der Waals surface area contributed by atoms with Crippen molar-refractivity contribution < 1.29 is 0 Å². The van der Waals surface area contributed by atoms with Crippen LogP contribution < -0.4 is 0 Å². The highest BCUT2D eigenvalue weighted by Crippen LogP contribution is 2.23. The predicted molar refractivity (Wildman–Crippen MR) is 102 cm³/mol. The van der Waals surface area contributed by atoms with Crippen molar-refractivity contribution in [3.63, 3.8) is 0 Å². The molecule has 1 fully saturated rings. The molecule has 134 valence electrons. The SMILES string of the molecule is Cc1cnc(-c2cc(CC3CCN(Cc4ccccc4)CC3)ncn2)[nH]1. The maximum absolute atomic E-state index is 4.49. The first kappa shape index (κ1) is 16.9. The smallest absolute Gasteiger partial charge is 0.156 e. The van der Waals surface area contributed by atoms with E-state index in [-0.39, 0.29) is 0 Å². The molecule has 0 spiro atoms. The van der Waals surface area contributed by atoms with Gasteiger partial charge in [0, 0.05) is 24.1 Å². The number of piperidine rings is 1. The van der Waals surface area contributed by atoms with E-state index in [1.54, 1.807) is 6.33 Å². The van der Waals surface area contributed by atoms with Crippen LogP contribution in [0.25, 0.3) is 11.5 Å². The van der Waals surface area contributed by atoms with Crippen molar-refractivity contribution in [1.82, 2.24) is 24.8 Å². The third kappa shape index (κ3) is 4.17. The number of aromatic amines is 1. The Balaban J connectivity index is 1.33. The highest BCUT2D eigenvalue weighted by molar-refractivity contribution is 5.49. The van der Waals surface area contributed by atoms with Gasteiger partial charge >= 0.3 is 0 Å². The summed E-state index contributed by atoms with van der Waals surface area (Å²) in [6.45, 7) is 5.38. The fraction of sp³-hybridized carbons (Fsp3) is 0.381. The fourth-order valence-electron chi connectivity index (χ4n) is 3.67. The minimum Gasteiger partial charge on any atom is -0.341 e. The van der Waals surface area contributed by atoms with Crippen LogP contribution in [0.2, 0.25) is 0 Å². The van der Waals surface area contributed by atoms with Gasteiger partial charge in [-0.1, -0.05) is 30.3 Å². The largest absolute Gasteiger partial charge is 0.341 e. The number of hydrogen-bond acceptors (Lipinski definition) is 4. The summed E-state index contributed by atoms with van der Waals surface area (Å²) < 4.78 is 0. The zero-order chi connectivity index (χ0) is 17.8. The molecule has 0 unspecified atom stereocenters. The summed E-state index contributed by atoms with van der Waals surface area (Å²) in [5.41, 5.74) is 4.45. The van der Waals surface area contributed by atoms with Crippen molar-refractivity contribution in [1.29, 1.82) is 0 Å². The highest BCUT2D eigenvalue weighted by Gasteiger charge is 2.20. The number of aryl methyl sites for hydroxylation is 1. The molecule has 4 rings (SSSR count).